The van der Waals surface area contributed by atoms with Crippen molar-refractivity contribution >= 4 is 17.9 Å². The van der Waals surface area contributed by atoms with Crippen LogP contribution in [0.1, 0.15) is 32.6 Å². The normalized spacial score (nSPS) is 11.7. The van der Waals surface area contributed by atoms with Crippen LogP contribution in [0.15, 0.2) is 0 Å². The van der Waals surface area contributed by atoms with Gasteiger partial charge in [0.15, 0.2) is 0 Å². The first-order valence-electron chi connectivity index (χ1n) is 11.0. The molecule has 6 N–H and O–H groups in total. The summed E-state index contributed by atoms with van der Waals surface area (Å²) in [7, 11) is 0. The average Bonchev–Trinajstić information content (AvgIpc) is 2.76. The number of hydrogen-bond acceptors (Lipinski definition) is 10. The number of nitrogens with two attached hydrogens (primary N) is 2. The fraction of sp³-hybridized carbons (Fsp3) is 0.850. The molecule has 0 heterocycles. The summed E-state index contributed by atoms with van der Waals surface area (Å²) in [4.78, 5) is 34.5. The Balaban J connectivity index is 3.36. The van der Waals surface area contributed by atoms with Crippen molar-refractivity contribution in [1.29, 1.82) is 0 Å². The number of alkyl carbamates (subject to hydrolysis) is 1. The standard InChI is InChI=1S/C20H40N4O8/c1-2-32-20(27)23-8-10-29-12-14-31-16-15-30-13-11-28-9-6-18(25)24-19(26)17(22)5-3-4-7-21/h17H,2-16,21-22H2,1H3,(H,23,27)(H,24,25,26)/t17-/m0/s1. The molecule has 3 amide bonds. The van der Waals surface area contributed by atoms with Crippen LogP contribution in [0.25, 0.3) is 0 Å². The zero-order valence-corrected chi connectivity index (χ0v) is 19.1. The Hall–Kier alpha value is -1.83. The lowest BCUT2D eigenvalue weighted by molar-refractivity contribution is -0.131. The molecule has 12 nitrogen and oxygen atoms in total. The number of amides is 3. The van der Waals surface area contributed by atoms with E-state index in [1.54, 1.807) is 6.92 Å². The van der Waals surface area contributed by atoms with Gasteiger partial charge in [-0.15, -0.1) is 0 Å². The molecule has 0 saturated heterocycles. The molecule has 0 aliphatic rings. The van der Waals surface area contributed by atoms with Gasteiger partial charge in [0.25, 0.3) is 0 Å². The molecule has 0 aliphatic carbocycles. The van der Waals surface area contributed by atoms with Crippen LogP contribution in [-0.4, -0.2) is 96.5 Å². The van der Waals surface area contributed by atoms with E-state index < -0.39 is 23.9 Å². The fourth-order valence-electron chi connectivity index (χ4n) is 2.27. The highest BCUT2D eigenvalue weighted by Crippen LogP contribution is 1.98. The second kappa shape index (κ2) is 22.4. The second-order valence-electron chi connectivity index (χ2n) is 6.65. The minimum atomic E-state index is -0.707. The van der Waals surface area contributed by atoms with Crippen LogP contribution in [0, 0.1) is 0 Å². The molecule has 0 aliphatic heterocycles. The van der Waals surface area contributed by atoms with Gasteiger partial charge in [-0.25, -0.2) is 4.79 Å². The lowest BCUT2D eigenvalue weighted by Gasteiger charge is -2.11. The summed E-state index contributed by atoms with van der Waals surface area (Å²) in [6.45, 7) is 5.92. The maximum absolute atomic E-state index is 11.8. The van der Waals surface area contributed by atoms with Crippen molar-refractivity contribution in [2.75, 3.05) is 72.6 Å². The van der Waals surface area contributed by atoms with E-state index in [0.29, 0.717) is 72.4 Å². The number of carbonyl (C=O) groups is 3. The van der Waals surface area contributed by atoms with E-state index in [0.717, 1.165) is 12.8 Å². The smallest absolute Gasteiger partial charge is 0.407 e. The molecular weight excluding hydrogens is 424 g/mol. The molecule has 0 fully saturated rings. The third-order valence-electron chi connectivity index (χ3n) is 3.95. The average molecular weight is 465 g/mol. The summed E-state index contributed by atoms with van der Waals surface area (Å²) in [5.74, 6) is -0.897. The third kappa shape index (κ3) is 20.1. The van der Waals surface area contributed by atoms with Gasteiger partial charge in [-0.3, -0.25) is 14.9 Å². The van der Waals surface area contributed by atoms with Gasteiger partial charge in [0.2, 0.25) is 11.8 Å². The predicted octanol–water partition coefficient (Wildman–Crippen LogP) is -0.712. The molecule has 32 heavy (non-hydrogen) atoms. The van der Waals surface area contributed by atoms with Gasteiger partial charge in [0, 0.05) is 6.54 Å². The van der Waals surface area contributed by atoms with Crippen molar-refractivity contribution in [3.8, 4) is 0 Å². The predicted molar refractivity (Wildman–Crippen MR) is 117 cm³/mol. The van der Waals surface area contributed by atoms with Gasteiger partial charge >= 0.3 is 6.09 Å². The van der Waals surface area contributed by atoms with E-state index in [4.69, 9.17) is 35.2 Å². The topological polar surface area (TPSA) is 173 Å². The van der Waals surface area contributed by atoms with E-state index in [1.807, 2.05) is 0 Å². The highest BCUT2D eigenvalue weighted by molar-refractivity contribution is 5.97. The van der Waals surface area contributed by atoms with Gasteiger partial charge in [0.05, 0.1) is 71.9 Å². The molecule has 0 bridgehead atoms. The minimum absolute atomic E-state index is 0.0691. The van der Waals surface area contributed by atoms with Gasteiger partial charge < -0.3 is 40.5 Å². The van der Waals surface area contributed by atoms with Crippen molar-refractivity contribution in [2.24, 2.45) is 11.5 Å². The van der Waals surface area contributed by atoms with E-state index in [9.17, 15) is 14.4 Å². The first-order chi connectivity index (χ1) is 15.5. The Morgan fingerprint density at radius 1 is 0.844 bits per heavy atom. The summed E-state index contributed by atoms with van der Waals surface area (Å²) in [6, 6.07) is -0.707. The Kier molecular flexibility index (Phi) is 21.1. The summed E-state index contributed by atoms with van der Waals surface area (Å²) in [6.07, 6.45) is 1.65. The van der Waals surface area contributed by atoms with Gasteiger partial charge in [-0.1, -0.05) is 6.42 Å². The van der Waals surface area contributed by atoms with Crippen LogP contribution in [0.5, 0.6) is 0 Å². The molecule has 0 saturated carbocycles. The van der Waals surface area contributed by atoms with Crippen LogP contribution in [0.4, 0.5) is 4.79 Å². The largest absolute Gasteiger partial charge is 0.450 e. The highest BCUT2D eigenvalue weighted by Gasteiger charge is 2.15. The van der Waals surface area contributed by atoms with E-state index in [1.165, 1.54) is 0 Å². The molecular formula is C20H40N4O8. The number of rotatable bonds is 21. The van der Waals surface area contributed by atoms with E-state index >= 15 is 0 Å². The molecule has 0 aromatic carbocycles. The third-order valence-corrected chi connectivity index (χ3v) is 3.95. The molecule has 12 heteroatoms. The zero-order valence-electron chi connectivity index (χ0n) is 19.1. The molecule has 0 unspecified atom stereocenters. The Bertz CT molecular complexity index is 496. The van der Waals surface area contributed by atoms with Crippen LogP contribution < -0.4 is 22.1 Å². The lowest BCUT2D eigenvalue weighted by Crippen LogP contribution is -2.43. The number of unbranched alkanes of at least 4 members (excludes halogenated alkanes) is 1. The summed E-state index contributed by atoms with van der Waals surface area (Å²) in [5, 5.41) is 4.81. The summed E-state index contributed by atoms with van der Waals surface area (Å²) < 4.78 is 26.0. The number of nitrogens with one attached hydrogen (secondary N) is 2. The quantitative estimate of drug-likeness (QED) is 0.159. The summed E-state index contributed by atoms with van der Waals surface area (Å²) in [5.41, 5.74) is 11.1. The lowest BCUT2D eigenvalue weighted by atomic mass is 10.1. The maximum Gasteiger partial charge on any atom is 0.407 e. The number of hydrogen-bond donors (Lipinski definition) is 4. The maximum atomic E-state index is 11.8. The van der Waals surface area contributed by atoms with Crippen molar-refractivity contribution in [2.45, 2.75) is 38.6 Å². The van der Waals surface area contributed by atoms with Crippen molar-refractivity contribution in [1.82, 2.24) is 10.6 Å². The van der Waals surface area contributed by atoms with Gasteiger partial charge in [0.1, 0.15) is 0 Å². The molecule has 188 valence electrons. The van der Waals surface area contributed by atoms with Crippen molar-refractivity contribution in [3.05, 3.63) is 0 Å². The van der Waals surface area contributed by atoms with E-state index in [-0.39, 0.29) is 13.0 Å². The first-order valence-corrected chi connectivity index (χ1v) is 11.0. The SMILES string of the molecule is CCOC(=O)NCCOCCOCCOCCOCCC(=O)NC(=O)[C@@H](N)CCCCN. The van der Waals surface area contributed by atoms with Crippen molar-refractivity contribution < 1.29 is 38.1 Å². The molecule has 0 spiro atoms. The molecule has 0 aromatic heterocycles. The Labute approximate surface area is 190 Å². The monoisotopic (exact) mass is 464 g/mol. The molecule has 0 aromatic rings. The van der Waals surface area contributed by atoms with Crippen LogP contribution in [0.3, 0.4) is 0 Å². The molecule has 1 atom stereocenters. The zero-order chi connectivity index (χ0) is 23.9. The van der Waals surface area contributed by atoms with Crippen LogP contribution in [0.2, 0.25) is 0 Å². The molecule has 0 rings (SSSR count). The van der Waals surface area contributed by atoms with E-state index in [2.05, 4.69) is 10.6 Å². The highest BCUT2D eigenvalue weighted by atomic mass is 16.6. The molecule has 0 radical (unpaired) electrons. The van der Waals surface area contributed by atoms with Crippen LogP contribution in [-0.2, 0) is 33.3 Å². The fourth-order valence-corrected chi connectivity index (χ4v) is 2.27. The second-order valence-corrected chi connectivity index (χ2v) is 6.65. The first kappa shape index (κ1) is 30.2. The minimum Gasteiger partial charge on any atom is -0.450 e. The Morgan fingerprint density at radius 3 is 1.97 bits per heavy atom. The number of imide groups is 1. The van der Waals surface area contributed by atoms with Crippen molar-refractivity contribution in [3.63, 3.8) is 0 Å². The number of ether oxygens (including phenoxy) is 5. The number of carbonyl (C=O) groups excluding carboxylic acids is 3. The Morgan fingerprint density at radius 2 is 1.41 bits per heavy atom. The van der Waals surface area contributed by atoms with Crippen LogP contribution >= 0.6 is 0 Å². The van der Waals surface area contributed by atoms with Gasteiger partial charge in [-0.2, -0.15) is 0 Å². The van der Waals surface area contributed by atoms with Gasteiger partial charge in [-0.05, 0) is 26.3 Å². The summed E-state index contributed by atoms with van der Waals surface area (Å²) >= 11 is 0.